The largest absolute Gasteiger partial charge is 0.464 e. The minimum absolute atomic E-state index is 0.793. The van der Waals surface area contributed by atoms with Crippen LogP contribution in [-0.2, 0) is 18.1 Å². The van der Waals surface area contributed by atoms with Gasteiger partial charge in [0.25, 0.3) is 0 Å². The number of nitrogens with one attached hydrogen (secondary N) is 1. The topological polar surface area (TPSA) is 25.2 Å². The Morgan fingerprint density at radius 3 is 2.37 bits per heavy atom. The highest BCUT2D eigenvalue weighted by atomic mass is 32.2. The van der Waals surface area contributed by atoms with Gasteiger partial charge in [-0.05, 0) is 38.6 Å². The third-order valence-corrected chi connectivity index (χ3v) is 3.89. The lowest BCUT2D eigenvalue weighted by Crippen LogP contribution is -2.03. The molecule has 0 bridgehead atoms. The quantitative estimate of drug-likeness (QED) is 0.861. The van der Waals surface area contributed by atoms with E-state index in [1.54, 1.807) is 0 Å². The molecule has 0 spiro atoms. The summed E-state index contributed by atoms with van der Waals surface area (Å²) in [5.41, 5.74) is 4.07. The van der Waals surface area contributed by atoms with Crippen LogP contribution >= 0.6 is 11.8 Å². The molecule has 0 fully saturated rings. The highest BCUT2D eigenvalue weighted by Crippen LogP contribution is 2.21. The van der Waals surface area contributed by atoms with Crippen molar-refractivity contribution < 1.29 is 4.42 Å². The van der Waals surface area contributed by atoms with E-state index < -0.39 is 0 Å². The van der Waals surface area contributed by atoms with Crippen molar-refractivity contribution in [3.63, 3.8) is 0 Å². The van der Waals surface area contributed by atoms with E-state index in [0.717, 1.165) is 29.6 Å². The van der Waals surface area contributed by atoms with Crippen molar-refractivity contribution in [2.24, 2.45) is 0 Å². The fourth-order valence-electron chi connectivity index (χ4n) is 2.19. The number of rotatable bonds is 6. The fourth-order valence-corrected chi connectivity index (χ4v) is 3.05. The SMILES string of the molecule is CNCc1ccc(CSCc2cc(C)cc(C)c2)o1. The van der Waals surface area contributed by atoms with Crippen LogP contribution in [0.25, 0.3) is 0 Å². The Hall–Kier alpha value is -1.19. The van der Waals surface area contributed by atoms with Crippen molar-refractivity contribution in [1.29, 1.82) is 0 Å². The van der Waals surface area contributed by atoms with Crippen LogP contribution in [0.15, 0.2) is 34.7 Å². The summed E-state index contributed by atoms with van der Waals surface area (Å²) in [6, 6.07) is 10.8. The molecule has 2 nitrogen and oxygen atoms in total. The minimum atomic E-state index is 0.793. The number of furan rings is 1. The summed E-state index contributed by atoms with van der Waals surface area (Å²) in [7, 11) is 1.93. The van der Waals surface area contributed by atoms with E-state index in [1.165, 1.54) is 16.7 Å². The van der Waals surface area contributed by atoms with E-state index in [-0.39, 0.29) is 0 Å². The number of hydrogen-bond donors (Lipinski definition) is 1. The van der Waals surface area contributed by atoms with Gasteiger partial charge >= 0.3 is 0 Å². The van der Waals surface area contributed by atoms with Gasteiger partial charge in [-0.15, -0.1) is 11.8 Å². The van der Waals surface area contributed by atoms with Crippen LogP contribution in [-0.4, -0.2) is 7.05 Å². The molecule has 1 N–H and O–H groups in total. The highest BCUT2D eigenvalue weighted by molar-refractivity contribution is 7.97. The molecule has 0 saturated carbocycles. The van der Waals surface area contributed by atoms with Gasteiger partial charge in [-0.1, -0.05) is 29.3 Å². The summed E-state index contributed by atoms with van der Waals surface area (Å²) >= 11 is 1.89. The summed E-state index contributed by atoms with van der Waals surface area (Å²) < 4.78 is 5.73. The van der Waals surface area contributed by atoms with E-state index in [2.05, 4.69) is 43.4 Å². The van der Waals surface area contributed by atoms with Crippen LogP contribution in [0.2, 0.25) is 0 Å². The van der Waals surface area contributed by atoms with Crippen molar-refractivity contribution in [2.75, 3.05) is 7.05 Å². The molecule has 2 rings (SSSR count). The van der Waals surface area contributed by atoms with Crippen molar-refractivity contribution in [2.45, 2.75) is 31.9 Å². The van der Waals surface area contributed by atoms with E-state index in [4.69, 9.17) is 4.42 Å². The molecule has 0 aliphatic rings. The smallest absolute Gasteiger partial charge is 0.117 e. The van der Waals surface area contributed by atoms with Crippen molar-refractivity contribution in [3.8, 4) is 0 Å². The average Bonchev–Trinajstić information content (AvgIpc) is 2.76. The summed E-state index contributed by atoms with van der Waals surface area (Å²) in [6.07, 6.45) is 0. The van der Waals surface area contributed by atoms with Crippen LogP contribution in [0.5, 0.6) is 0 Å². The van der Waals surface area contributed by atoms with E-state index in [1.807, 2.05) is 24.9 Å². The van der Waals surface area contributed by atoms with Crippen LogP contribution in [0.4, 0.5) is 0 Å². The molecule has 1 aromatic heterocycles. The zero-order valence-electron chi connectivity index (χ0n) is 11.8. The van der Waals surface area contributed by atoms with Gasteiger partial charge in [-0.2, -0.15) is 0 Å². The third kappa shape index (κ3) is 4.44. The third-order valence-electron chi connectivity index (χ3n) is 2.86. The molecule has 1 heterocycles. The molecule has 0 aliphatic heterocycles. The Morgan fingerprint density at radius 2 is 1.68 bits per heavy atom. The summed E-state index contributed by atoms with van der Waals surface area (Å²) in [4.78, 5) is 0. The van der Waals surface area contributed by atoms with Crippen molar-refractivity contribution in [1.82, 2.24) is 5.32 Å². The summed E-state index contributed by atoms with van der Waals surface area (Å²) in [5, 5.41) is 3.09. The van der Waals surface area contributed by atoms with Gasteiger partial charge in [0.1, 0.15) is 11.5 Å². The first-order valence-corrected chi connectivity index (χ1v) is 7.70. The van der Waals surface area contributed by atoms with Gasteiger partial charge in [0.2, 0.25) is 0 Å². The van der Waals surface area contributed by atoms with Gasteiger partial charge in [0.15, 0.2) is 0 Å². The molecule has 0 unspecified atom stereocenters. The first-order chi connectivity index (χ1) is 9.17. The van der Waals surface area contributed by atoms with Crippen LogP contribution in [0.3, 0.4) is 0 Å². The van der Waals surface area contributed by atoms with Crippen molar-refractivity contribution >= 4 is 11.8 Å². The molecule has 0 radical (unpaired) electrons. The molecular formula is C16H21NOS. The Bertz CT molecular complexity index is 513. The van der Waals surface area contributed by atoms with Gasteiger partial charge in [-0.25, -0.2) is 0 Å². The summed E-state index contributed by atoms with van der Waals surface area (Å²) in [6.45, 7) is 5.09. The van der Waals surface area contributed by atoms with Crippen LogP contribution in [0.1, 0.15) is 28.2 Å². The Kier molecular flexibility index (Phi) is 5.11. The lowest BCUT2D eigenvalue weighted by molar-refractivity contribution is 0.469. The lowest BCUT2D eigenvalue weighted by atomic mass is 10.1. The molecule has 1 aromatic carbocycles. The number of hydrogen-bond acceptors (Lipinski definition) is 3. The monoisotopic (exact) mass is 275 g/mol. The maximum Gasteiger partial charge on any atom is 0.117 e. The second-order valence-electron chi connectivity index (χ2n) is 4.89. The van der Waals surface area contributed by atoms with E-state index in [0.29, 0.717) is 0 Å². The second kappa shape index (κ2) is 6.83. The highest BCUT2D eigenvalue weighted by Gasteiger charge is 2.02. The fraction of sp³-hybridized carbons (Fsp3) is 0.375. The van der Waals surface area contributed by atoms with Crippen LogP contribution < -0.4 is 5.32 Å². The zero-order chi connectivity index (χ0) is 13.7. The predicted octanol–water partition coefficient (Wildman–Crippen LogP) is 4.05. The number of benzene rings is 1. The van der Waals surface area contributed by atoms with Gasteiger partial charge in [-0.3, -0.25) is 0 Å². The maximum atomic E-state index is 5.73. The number of thioether (sulfide) groups is 1. The molecule has 0 saturated heterocycles. The Balaban J connectivity index is 1.85. The van der Waals surface area contributed by atoms with E-state index >= 15 is 0 Å². The minimum Gasteiger partial charge on any atom is -0.464 e. The second-order valence-corrected chi connectivity index (χ2v) is 5.87. The first-order valence-electron chi connectivity index (χ1n) is 6.54. The van der Waals surface area contributed by atoms with Gasteiger partial charge in [0, 0.05) is 5.75 Å². The van der Waals surface area contributed by atoms with Crippen molar-refractivity contribution in [3.05, 3.63) is 58.5 Å². The molecule has 0 amide bonds. The predicted molar refractivity (Wildman–Crippen MR) is 82.4 cm³/mol. The molecule has 0 aliphatic carbocycles. The Labute approximate surface area is 119 Å². The molecular weight excluding hydrogens is 254 g/mol. The molecule has 19 heavy (non-hydrogen) atoms. The lowest BCUT2D eigenvalue weighted by Gasteiger charge is -2.04. The molecule has 102 valence electrons. The average molecular weight is 275 g/mol. The molecule has 0 atom stereocenters. The van der Waals surface area contributed by atoms with Gasteiger partial charge < -0.3 is 9.73 Å². The van der Waals surface area contributed by atoms with Crippen LogP contribution in [0, 0.1) is 13.8 Å². The normalized spacial score (nSPS) is 10.9. The molecule has 2 aromatic rings. The van der Waals surface area contributed by atoms with Gasteiger partial charge in [0.05, 0.1) is 12.3 Å². The zero-order valence-corrected chi connectivity index (χ0v) is 12.6. The molecule has 3 heteroatoms. The Morgan fingerprint density at radius 1 is 1.00 bits per heavy atom. The standard InChI is InChI=1S/C16H21NOS/c1-12-6-13(2)8-14(7-12)10-19-11-16-5-4-15(18-16)9-17-3/h4-8,17H,9-11H2,1-3H3. The van der Waals surface area contributed by atoms with E-state index in [9.17, 15) is 0 Å². The number of aryl methyl sites for hydroxylation is 2. The summed E-state index contributed by atoms with van der Waals surface area (Å²) in [5.74, 6) is 4.02. The maximum absolute atomic E-state index is 5.73. The first kappa shape index (κ1) is 14.2.